The molecule has 1 aromatic heterocycles. The topological polar surface area (TPSA) is 39.6 Å². The molecule has 1 N–H and O–H groups in total. The number of aliphatic hydroxyl groups excluding tert-OH is 1. The standard InChI is InChI=1S/C13H20BrN3O/c1-11-9-13(15-10-12(11)14)17-4-2-3-16(5-6-17)7-8-18/h9-10,18H,2-8H2,1H3. The van der Waals surface area contributed by atoms with Gasteiger partial charge in [-0.15, -0.1) is 0 Å². The first-order valence-electron chi connectivity index (χ1n) is 6.41. The molecule has 0 unspecified atom stereocenters. The molecule has 0 radical (unpaired) electrons. The third kappa shape index (κ3) is 3.43. The van der Waals surface area contributed by atoms with Gasteiger partial charge in [0.05, 0.1) is 6.61 Å². The number of aliphatic hydroxyl groups is 1. The lowest BCUT2D eigenvalue weighted by Crippen LogP contribution is -2.32. The average Bonchev–Trinajstić information content (AvgIpc) is 2.59. The quantitative estimate of drug-likeness (QED) is 0.921. The molecule has 0 amide bonds. The average molecular weight is 314 g/mol. The molecule has 1 fully saturated rings. The Balaban J connectivity index is 2.02. The van der Waals surface area contributed by atoms with E-state index in [1.54, 1.807) is 0 Å². The van der Waals surface area contributed by atoms with Crippen LogP contribution in [0.3, 0.4) is 0 Å². The van der Waals surface area contributed by atoms with Crippen molar-refractivity contribution in [2.75, 3.05) is 44.2 Å². The van der Waals surface area contributed by atoms with Crippen molar-refractivity contribution in [3.63, 3.8) is 0 Å². The van der Waals surface area contributed by atoms with Crippen molar-refractivity contribution in [2.45, 2.75) is 13.3 Å². The van der Waals surface area contributed by atoms with Gasteiger partial charge in [0.25, 0.3) is 0 Å². The Hall–Kier alpha value is -0.650. The van der Waals surface area contributed by atoms with Crippen molar-refractivity contribution >= 4 is 21.7 Å². The molecule has 1 saturated heterocycles. The van der Waals surface area contributed by atoms with Gasteiger partial charge in [-0.3, -0.25) is 4.90 Å². The molecule has 4 nitrogen and oxygen atoms in total. The molecule has 2 rings (SSSR count). The predicted molar refractivity (Wildman–Crippen MR) is 77.0 cm³/mol. The number of nitrogens with zero attached hydrogens (tertiary/aromatic N) is 3. The second-order valence-corrected chi connectivity index (χ2v) is 5.55. The molecule has 2 heterocycles. The summed E-state index contributed by atoms with van der Waals surface area (Å²) >= 11 is 3.48. The summed E-state index contributed by atoms with van der Waals surface area (Å²) in [4.78, 5) is 9.13. The number of hydrogen-bond acceptors (Lipinski definition) is 4. The molecule has 0 aliphatic carbocycles. The normalized spacial score (nSPS) is 17.8. The SMILES string of the molecule is Cc1cc(N2CCCN(CCO)CC2)ncc1Br. The zero-order valence-corrected chi connectivity index (χ0v) is 12.4. The molecule has 5 heteroatoms. The van der Waals surface area contributed by atoms with E-state index >= 15 is 0 Å². The van der Waals surface area contributed by atoms with Gasteiger partial charge in [-0.1, -0.05) is 0 Å². The van der Waals surface area contributed by atoms with Gasteiger partial charge >= 0.3 is 0 Å². The number of anilines is 1. The highest BCUT2D eigenvalue weighted by molar-refractivity contribution is 9.10. The molecule has 18 heavy (non-hydrogen) atoms. The second-order valence-electron chi connectivity index (χ2n) is 4.70. The molecule has 0 spiro atoms. The van der Waals surface area contributed by atoms with Gasteiger partial charge in [0.15, 0.2) is 0 Å². The zero-order valence-electron chi connectivity index (χ0n) is 10.8. The first-order chi connectivity index (χ1) is 8.70. The van der Waals surface area contributed by atoms with Gasteiger partial charge < -0.3 is 10.0 Å². The van der Waals surface area contributed by atoms with E-state index in [2.05, 4.69) is 43.7 Å². The van der Waals surface area contributed by atoms with Crippen LogP contribution in [0.15, 0.2) is 16.7 Å². The lowest BCUT2D eigenvalue weighted by Gasteiger charge is -2.22. The van der Waals surface area contributed by atoms with E-state index in [1.807, 2.05) is 6.20 Å². The van der Waals surface area contributed by atoms with Gasteiger partial charge in [0.1, 0.15) is 5.82 Å². The molecular weight excluding hydrogens is 294 g/mol. The first-order valence-corrected chi connectivity index (χ1v) is 7.20. The minimum Gasteiger partial charge on any atom is -0.395 e. The molecule has 1 aliphatic rings. The maximum atomic E-state index is 8.99. The van der Waals surface area contributed by atoms with Gasteiger partial charge in [-0.05, 0) is 47.4 Å². The fourth-order valence-electron chi connectivity index (χ4n) is 2.26. The Morgan fingerprint density at radius 2 is 2.17 bits per heavy atom. The van der Waals surface area contributed by atoms with Crippen LogP contribution >= 0.6 is 15.9 Å². The third-order valence-electron chi connectivity index (χ3n) is 3.36. The van der Waals surface area contributed by atoms with Crippen LogP contribution in [0.25, 0.3) is 0 Å². The van der Waals surface area contributed by atoms with E-state index in [1.165, 1.54) is 5.56 Å². The summed E-state index contributed by atoms with van der Waals surface area (Å²) in [6.45, 7) is 7.19. The van der Waals surface area contributed by atoms with Crippen molar-refractivity contribution in [1.82, 2.24) is 9.88 Å². The molecule has 1 aliphatic heterocycles. The van der Waals surface area contributed by atoms with E-state index in [-0.39, 0.29) is 6.61 Å². The molecular formula is C13H20BrN3O. The summed E-state index contributed by atoms with van der Waals surface area (Å²) in [6, 6.07) is 2.13. The van der Waals surface area contributed by atoms with Gasteiger partial charge in [-0.25, -0.2) is 4.98 Å². The van der Waals surface area contributed by atoms with Crippen molar-refractivity contribution in [3.05, 3.63) is 22.3 Å². The number of aryl methyl sites for hydroxylation is 1. The number of halogens is 1. The van der Waals surface area contributed by atoms with Crippen LogP contribution in [0.4, 0.5) is 5.82 Å². The molecule has 0 bridgehead atoms. The number of β-amino-alcohol motifs (C(OH)–C–C–N with tert-alkyl or cyclic N) is 1. The first kappa shape index (κ1) is 13.8. The number of aromatic nitrogens is 1. The van der Waals surface area contributed by atoms with Crippen LogP contribution in [0, 0.1) is 6.92 Å². The number of hydrogen-bond donors (Lipinski definition) is 1. The summed E-state index contributed by atoms with van der Waals surface area (Å²) in [7, 11) is 0. The Morgan fingerprint density at radius 1 is 1.33 bits per heavy atom. The van der Waals surface area contributed by atoms with Crippen LogP contribution in [0.5, 0.6) is 0 Å². The molecule has 0 atom stereocenters. The van der Waals surface area contributed by atoms with Crippen molar-refractivity contribution in [1.29, 1.82) is 0 Å². The highest BCUT2D eigenvalue weighted by Gasteiger charge is 2.15. The van der Waals surface area contributed by atoms with Crippen LogP contribution in [-0.2, 0) is 0 Å². The minimum absolute atomic E-state index is 0.246. The maximum Gasteiger partial charge on any atom is 0.128 e. The Labute approximate surface area is 117 Å². The summed E-state index contributed by atoms with van der Waals surface area (Å²) < 4.78 is 1.06. The lowest BCUT2D eigenvalue weighted by molar-refractivity contribution is 0.204. The van der Waals surface area contributed by atoms with E-state index in [4.69, 9.17) is 5.11 Å². The van der Waals surface area contributed by atoms with Crippen molar-refractivity contribution in [2.24, 2.45) is 0 Å². The summed E-state index contributed by atoms with van der Waals surface area (Å²) in [6.07, 6.45) is 3.00. The zero-order chi connectivity index (χ0) is 13.0. The molecule has 100 valence electrons. The van der Waals surface area contributed by atoms with E-state index in [0.717, 1.165) is 49.4 Å². The van der Waals surface area contributed by atoms with Crippen molar-refractivity contribution in [3.8, 4) is 0 Å². The van der Waals surface area contributed by atoms with E-state index in [9.17, 15) is 0 Å². The Morgan fingerprint density at radius 3 is 2.89 bits per heavy atom. The van der Waals surface area contributed by atoms with Crippen LogP contribution in [0.2, 0.25) is 0 Å². The summed E-state index contributed by atoms with van der Waals surface area (Å²) in [5, 5.41) is 8.99. The minimum atomic E-state index is 0.246. The Kier molecular flexibility index (Phi) is 4.97. The lowest BCUT2D eigenvalue weighted by atomic mass is 10.3. The van der Waals surface area contributed by atoms with E-state index in [0.29, 0.717) is 0 Å². The monoisotopic (exact) mass is 313 g/mol. The fourth-order valence-corrected chi connectivity index (χ4v) is 2.48. The van der Waals surface area contributed by atoms with Gasteiger partial charge in [0, 0.05) is 36.8 Å². The van der Waals surface area contributed by atoms with Gasteiger partial charge in [-0.2, -0.15) is 0 Å². The maximum absolute atomic E-state index is 8.99. The Bertz CT molecular complexity index is 400. The summed E-state index contributed by atoms with van der Waals surface area (Å²) in [5.74, 6) is 1.06. The summed E-state index contributed by atoms with van der Waals surface area (Å²) in [5.41, 5.74) is 1.22. The number of pyridine rings is 1. The molecule has 0 saturated carbocycles. The van der Waals surface area contributed by atoms with Crippen LogP contribution in [0.1, 0.15) is 12.0 Å². The van der Waals surface area contributed by atoms with Crippen LogP contribution < -0.4 is 4.90 Å². The highest BCUT2D eigenvalue weighted by atomic mass is 79.9. The van der Waals surface area contributed by atoms with Gasteiger partial charge in [0.2, 0.25) is 0 Å². The van der Waals surface area contributed by atoms with E-state index < -0.39 is 0 Å². The second kappa shape index (κ2) is 6.50. The smallest absolute Gasteiger partial charge is 0.128 e. The highest BCUT2D eigenvalue weighted by Crippen LogP contribution is 2.20. The predicted octanol–water partition coefficient (Wildman–Crippen LogP) is 1.66. The number of rotatable bonds is 3. The van der Waals surface area contributed by atoms with Crippen LogP contribution in [-0.4, -0.2) is 54.3 Å². The van der Waals surface area contributed by atoms with Crippen molar-refractivity contribution < 1.29 is 5.11 Å². The molecule has 0 aromatic carbocycles. The largest absolute Gasteiger partial charge is 0.395 e. The third-order valence-corrected chi connectivity index (χ3v) is 4.19. The fraction of sp³-hybridized carbons (Fsp3) is 0.615. The molecule has 1 aromatic rings.